The van der Waals surface area contributed by atoms with Crippen LogP contribution >= 0.6 is 11.6 Å². The van der Waals surface area contributed by atoms with Crippen molar-refractivity contribution >= 4 is 84.2 Å². The second-order valence-corrected chi connectivity index (χ2v) is 13.9. The third kappa shape index (κ3) is 6.92. The highest BCUT2D eigenvalue weighted by Gasteiger charge is 2.18. The number of aromatic nitrogens is 1. The van der Waals surface area contributed by atoms with Crippen molar-refractivity contribution in [2.24, 2.45) is 0 Å². The number of nitrogens with zero attached hydrogens (tertiary/aromatic N) is 3. The molecule has 53 heavy (non-hydrogen) atoms. The molecule has 0 amide bonds. The molecular formula is C49H40ClN3. The lowest BCUT2D eigenvalue weighted by Crippen LogP contribution is -2.10. The van der Waals surface area contributed by atoms with Crippen LogP contribution in [-0.4, -0.2) is 4.98 Å². The second-order valence-electron chi connectivity index (χ2n) is 13.5. The van der Waals surface area contributed by atoms with Crippen LogP contribution in [0.1, 0.15) is 31.4 Å². The van der Waals surface area contributed by atoms with Crippen LogP contribution < -0.4 is 9.80 Å². The number of fused-ring (bicyclic) bond motifs is 4. The fourth-order valence-electron chi connectivity index (χ4n) is 7.03. The van der Waals surface area contributed by atoms with Gasteiger partial charge in [-0.2, -0.15) is 0 Å². The van der Waals surface area contributed by atoms with E-state index in [4.69, 9.17) is 11.6 Å². The van der Waals surface area contributed by atoms with Crippen LogP contribution in [0, 0.1) is 6.92 Å². The van der Waals surface area contributed by atoms with Crippen molar-refractivity contribution in [2.45, 2.75) is 27.2 Å². The Morgan fingerprint density at radius 1 is 0.585 bits per heavy atom. The van der Waals surface area contributed by atoms with Gasteiger partial charge in [0.15, 0.2) is 0 Å². The SMILES string of the molecule is CCC(C)=C/C=C\c1ccc(N(c2ccccc2)c2ccc3c(c2)cc(Cl)c2cc(N(c4ccccc4)c4ccc5cccnc5c4)ccc23)cc1C. The third-order valence-corrected chi connectivity index (χ3v) is 10.3. The van der Waals surface area contributed by atoms with Gasteiger partial charge in [-0.1, -0.05) is 109 Å². The number of para-hydroxylation sites is 2. The fourth-order valence-corrected chi connectivity index (χ4v) is 7.31. The van der Waals surface area contributed by atoms with Crippen LogP contribution in [0.2, 0.25) is 5.02 Å². The van der Waals surface area contributed by atoms with Crippen LogP contribution in [0.5, 0.6) is 0 Å². The number of pyridine rings is 1. The van der Waals surface area contributed by atoms with Crippen LogP contribution in [-0.2, 0) is 0 Å². The highest BCUT2D eigenvalue weighted by atomic mass is 35.5. The molecule has 258 valence electrons. The highest BCUT2D eigenvalue weighted by molar-refractivity contribution is 6.37. The van der Waals surface area contributed by atoms with Crippen LogP contribution in [0.25, 0.3) is 38.5 Å². The molecule has 3 nitrogen and oxygen atoms in total. The molecule has 8 aromatic rings. The summed E-state index contributed by atoms with van der Waals surface area (Å²) in [4.78, 5) is 9.22. The van der Waals surface area contributed by atoms with Gasteiger partial charge >= 0.3 is 0 Å². The minimum absolute atomic E-state index is 0.713. The monoisotopic (exact) mass is 705 g/mol. The van der Waals surface area contributed by atoms with Crippen LogP contribution in [0.4, 0.5) is 34.1 Å². The van der Waals surface area contributed by atoms with Gasteiger partial charge in [-0.15, -0.1) is 0 Å². The Balaban J connectivity index is 1.21. The lowest BCUT2D eigenvalue weighted by molar-refractivity contribution is 1.10. The van der Waals surface area contributed by atoms with Crippen LogP contribution in [0.15, 0.2) is 176 Å². The molecule has 0 N–H and O–H groups in total. The quantitative estimate of drug-likeness (QED) is 0.110. The molecule has 0 spiro atoms. The number of anilines is 6. The van der Waals surface area contributed by atoms with E-state index in [-0.39, 0.29) is 0 Å². The number of rotatable bonds is 9. The number of hydrogen-bond acceptors (Lipinski definition) is 3. The van der Waals surface area contributed by atoms with Crippen LogP contribution in [0.3, 0.4) is 0 Å². The lowest BCUT2D eigenvalue weighted by atomic mass is 9.99. The van der Waals surface area contributed by atoms with Gasteiger partial charge in [0, 0.05) is 56.1 Å². The predicted molar refractivity (Wildman–Crippen MR) is 229 cm³/mol. The summed E-state index contributed by atoms with van der Waals surface area (Å²) < 4.78 is 0. The minimum Gasteiger partial charge on any atom is -0.310 e. The van der Waals surface area contributed by atoms with E-state index in [2.05, 4.69) is 193 Å². The smallest absolute Gasteiger partial charge is 0.0722 e. The zero-order chi connectivity index (χ0) is 36.3. The first-order valence-electron chi connectivity index (χ1n) is 18.1. The Morgan fingerprint density at radius 3 is 1.91 bits per heavy atom. The minimum atomic E-state index is 0.713. The normalized spacial score (nSPS) is 11.9. The summed E-state index contributed by atoms with van der Waals surface area (Å²) in [6.07, 6.45) is 9.43. The molecule has 0 atom stereocenters. The average Bonchev–Trinajstić information content (AvgIpc) is 3.19. The molecule has 0 aliphatic heterocycles. The van der Waals surface area contributed by atoms with Gasteiger partial charge in [0.2, 0.25) is 0 Å². The number of aryl methyl sites for hydroxylation is 1. The van der Waals surface area contributed by atoms with Gasteiger partial charge in [-0.25, -0.2) is 0 Å². The summed E-state index contributed by atoms with van der Waals surface area (Å²) in [6.45, 7) is 6.53. The number of allylic oxidation sites excluding steroid dienone is 3. The van der Waals surface area contributed by atoms with Crippen molar-refractivity contribution in [3.8, 4) is 0 Å². The summed E-state index contributed by atoms with van der Waals surface area (Å²) in [5, 5.41) is 6.18. The lowest BCUT2D eigenvalue weighted by Gasteiger charge is -2.27. The molecule has 0 radical (unpaired) electrons. The molecule has 1 aromatic heterocycles. The van der Waals surface area contributed by atoms with Crippen molar-refractivity contribution in [1.82, 2.24) is 4.98 Å². The summed E-state index contributed by atoms with van der Waals surface area (Å²) in [6, 6.07) is 53.6. The van der Waals surface area contributed by atoms with E-state index in [0.29, 0.717) is 5.02 Å². The molecule has 1 heterocycles. The summed E-state index contributed by atoms with van der Waals surface area (Å²) in [5.74, 6) is 0. The predicted octanol–water partition coefficient (Wildman–Crippen LogP) is 14.8. The van der Waals surface area contributed by atoms with Gasteiger partial charge in [-0.05, 0) is 132 Å². The maximum absolute atomic E-state index is 7.20. The van der Waals surface area contributed by atoms with E-state index in [1.54, 1.807) is 0 Å². The molecule has 0 bridgehead atoms. The third-order valence-electron chi connectivity index (χ3n) is 9.99. The first kappa shape index (κ1) is 34.0. The van der Waals surface area contributed by atoms with E-state index >= 15 is 0 Å². The van der Waals surface area contributed by atoms with Gasteiger partial charge in [-0.3, -0.25) is 4.98 Å². The van der Waals surface area contributed by atoms with Gasteiger partial charge in [0.25, 0.3) is 0 Å². The number of benzene rings is 7. The molecule has 0 fully saturated rings. The maximum atomic E-state index is 7.20. The Bertz CT molecular complexity index is 2640. The molecule has 0 saturated carbocycles. The zero-order valence-electron chi connectivity index (χ0n) is 30.2. The number of hydrogen-bond donors (Lipinski definition) is 0. The Kier molecular flexibility index (Phi) is 9.50. The van der Waals surface area contributed by atoms with Crippen molar-refractivity contribution in [3.63, 3.8) is 0 Å². The highest BCUT2D eigenvalue weighted by Crippen LogP contribution is 2.42. The summed E-state index contributed by atoms with van der Waals surface area (Å²) >= 11 is 7.20. The summed E-state index contributed by atoms with van der Waals surface area (Å²) in [7, 11) is 0. The van der Waals surface area contributed by atoms with E-state index in [1.165, 1.54) is 16.7 Å². The first-order chi connectivity index (χ1) is 26.0. The Hall–Kier alpha value is -6.16. The average molecular weight is 706 g/mol. The Labute approximate surface area is 316 Å². The maximum Gasteiger partial charge on any atom is 0.0722 e. The second kappa shape index (κ2) is 14.8. The standard InChI is InChI=1S/C49H40ClN3/c1-4-34(2)13-11-14-36-20-22-41(29-35(36)3)52(39-16-7-5-8-17-39)42-24-26-45-38(30-42)31-48(50)47-32-43(25-27-46(45)47)53(40-18-9-6-10-19-40)44-23-21-37-15-12-28-51-49(37)33-44/h5-33H,4H2,1-3H3/b14-11-,34-13?. The van der Waals surface area contributed by atoms with E-state index < -0.39 is 0 Å². The van der Waals surface area contributed by atoms with Gasteiger partial charge in [0.05, 0.1) is 5.52 Å². The van der Waals surface area contributed by atoms with Gasteiger partial charge < -0.3 is 9.80 Å². The van der Waals surface area contributed by atoms with Crippen molar-refractivity contribution in [2.75, 3.05) is 9.80 Å². The Morgan fingerprint density at radius 2 is 1.21 bits per heavy atom. The van der Waals surface area contributed by atoms with Crippen molar-refractivity contribution in [3.05, 3.63) is 192 Å². The van der Waals surface area contributed by atoms with E-state index in [0.717, 1.165) is 73.0 Å². The van der Waals surface area contributed by atoms with E-state index in [1.807, 2.05) is 18.3 Å². The van der Waals surface area contributed by atoms with Gasteiger partial charge in [0.1, 0.15) is 0 Å². The molecule has 4 heteroatoms. The molecule has 0 unspecified atom stereocenters. The first-order valence-corrected chi connectivity index (χ1v) is 18.5. The molecule has 0 aliphatic rings. The van der Waals surface area contributed by atoms with E-state index in [9.17, 15) is 0 Å². The molecule has 0 saturated heterocycles. The fraction of sp³-hybridized carbons (Fsp3) is 0.0816. The summed E-state index contributed by atoms with van der Waals surface area (Å²) in [5.41, 5.74) is 11.1. The molecule has 7 aromatic carbocycles. The molecule has 0 aliphatic carbocycles. The zero-order valence-corrected chi connectivity index (χ0v) is 30.9. The topological polar surface area (TPSA) is 19.4 Å². The van der Waals surface area contributed by atoms with Crippen molar-refractivity contribution < 1.29 is 0 Å². The largest absolute Gasteiger partial charge is 0.310 e. The van der Waals surface area contributed by atoms with Crippen molar-refractivity contribution in [1.29, 1.82) is 0 Å². The molecule has 8 rings (SSSR count). The molecular weight excluding hydrogens is 666 g/mol. The number of halogens is 1.